The van der Waals surface area contributed by atoms with E-state index in [4.69, 9.17) is 6.42 Å². The summed E-state index contributed by atoms with van der Waals surface area (Å²) in [5.74, 6) is 3.11. The van der Waals surface area contributed by atoms with Gasteiger partial charge in [0, 0.05) is 5.56 Å². The highest BCUT2D eigenvalue weighted by atomic mass is 14.0. The van der Waals surface area contributed by atoms with Gasteiger partial charge in [-0.3, -0.25) is 0 Å². The third-order valence-corrected chi connectivity index (χ3v) is 1.61. The van der Waals surface area contributed by atoms with Crippen molar-refractivity contribution >= 4 is 0 Å². The largest absolute Gasteiger partial charge is 0.115 e. The summed E-state index contributed by atoms with van der Waals surface area (Å²) >= 11 is 0. The Kier molecular flexibility index (Phi) is 2.33. The van der Waals surface area contributed by atoms with E-state index in [1.807, 2.05) is 18.2 Å². The van der Waals surface area contributed by atoms with Crippen molar-refractivity contribution in [1.82, 2.24) is 0 Å². The van der Waals surface area contributed by atoms with Crippen molar-refractivity contribution in [2.45, 2.75) is 19.8 Å². The first-order chi connectivity index (χ1) is 5.24. The molecule has 0 aliphatic rings. The van der Waals surface area contributed by atoms with Crippen LogP contribution in [-0.4, -0.2) is 0 Å². The standard InChI is InChI=1S/C11H11/c1-4-10-6-5-7-11(8-10)9(2)3/h1,5-6,8-9H,2-3H3. The van der Waals surface area contributed by atoms with Gasteiger partial charge in [-0.1, -0.05) is 25.8 Å². The monoisotopic (exact) mass is 143 g/mol. The second kappa shape index (κ2) is 3.25. The Morgan fingerprint density at radius 1 is 1.55 bits per heavy atom. The predicted octanol–water partition coefficient (Wildman–Crippen LogP) is 2.59. The normalized spacial score (nSPS) is 9.64. The van der Waals surface area contributed by atoms with Gasteiger partial charge in [0.25, 0.3) is 0 Å². The van der Waals surface area contributed by atoms with E-state index >= 15 is 0 Å². The lowest BCUT2D eigenvalue weighted by Crippen LogP contribution is -1.87. The molecule has 0 aromatic heterocycles. The van der Waals surface area contributed by atoms with Gasteiger partial charge in [-0.25, -0.2) is 0 Å². The molecule has 0 N–H and O–H groups in total. The van der Waals surface area contributed by atoms with E-state index in [1.165, 1.54) is 5.56 Å². The Bertz CT molecular complexity index is 276. The zero-order valence-electron chi connectivity index (χ0n) is 6.89. The van der Waals surface area contributed by atoms with Crippen LogP contribution in [0.3, 0.4) is 0 Å². The van der Waals surface area contributed by atoms with Crippen molar-refractivity contribution in [1.29, 1.82) is 0 Å². The van der Waals surface area contributed by atoms with Crippen LogP contribution in [0.2, 0.25) is 0 Å². The highest BCUT2D eigenvalue weighted by Gasteiger charge is 1.97. The fourth-order valence-corrected chi connectivity index (χ4v) is 0.908. The molecule has 0 aliphatic carbocycles. The van der Waals surface area contributed by atoms with Gasteiger partial charge < -0.3 is 0 Å². The number of rotatable bonds is 1. The molecule has 0 aliphatic heterocycles. The molecule has 55 valence electrons. The van der Waals surface area contributed by atoms with Gasteiger partial charge in [0.1, 0.15) is 0 Å². The quantitative estimate of drug-likeness (QED) is 0.530. The highest BCUT2D eigenvalue weighted by molar-refractivity contribution is 5.35. The second-order valence-corrected chi connectivity index (χ2v) is 2.83. The van der Waals surface area contributed by atoms with Crippen molar-refractivity contribution in [2.75, 3.05) is 0 Å². The molecule has 0 bridgehead atoms. The highest BCUT2D eigenvalue weighted by Crippen LogP contribution is 2.13. The lowest BCUT2D eigenvalue weighted by molar-refractivity contribution is 0.864. The molecule has 1 rings (SSSR count). The van der Waals surface area contributed by atoms with Gasteiger partial charge in [0.15, 0.2) is 0 Å². The number of benzene rings is 1. The third-order valence-electron chi connectivity index (χ3n) is 1.61. The summed E-state index contributed by atoms with van der Waals surface area (Å²) in [5.41, 5.74) is 2.12. The lowest BCUT2D eigenvalue weighted by Gasteiger charge is -2.03. The molecule has 0 fully saturated rings. The Balaban J connectivity index is 3.03. The van der Waals surface area contributed by atoms with Gasteiger partial charge in [-0.15, -0.1) is 6.42 Å². The van der Waals surface area contributed by atoms with Crippen molar-refractivity contribution in [3.8, 4) is 12.3 Å². The summed E-state index contributed by atoms with van der Waals surface area (Å²) in [4.78, 5) is 0. The van der Waals surface area contributed by atoms with Crippen LogP contribution >= 0.6 is 0 Å². The number of hydrogen-bond donors (Lipinski definition) is 0. The van der Waals surface area contributed by atoms with Gasteiger partial charge in [0.2, 0.25) is 0 Å². The molecule has 1 radical (unpaired) electrons. The summed E-state index contributed by atoms with van der Waals surface area (Å²) in [5, 5.41) is 0. The second-order valence-electron chi connectivity index (χ2n) is 2.83. The molecule has 0 saturated carbocycles. The SMILES string of the molecule is C#Cc1cc[c]c(C(C)C)c1. The summed E-state index contributed by atoms with van der Waals surface area (Å²) in [6.45, 7) is 4.26. The average Bonchev–Trinajstić information content (AvgIpc) is 2.05. The van der Waals surface area contributed by atoms with Crippen molar-refractivity contribution in [3.63, 3.8) is 0 Å². The Morgan fingerprint density at radius 2 is 2.27 bits per heavy atom. The summed E-state index contributed by atoms with van der Waals surface area (Å²) < 4.78 is 0. The molecular formula is C11H11. The van der Waals surface area contributed by atoms with E-state index in [1.54, 1.807) is 0 Å². The first kappa shape index (κ1) is 7.88. The zero-order chi connectivity index (χ0) is 8.27. The van der Waals surface area contributed by atoms with E-state index in [9.17, 15) is 0 Å². The maximum absolute atomic E-state index is 5.25. The van der Waals surface area contributed by atoms with Gasteiger partial charge in [-0.05, 0) is 29.7 Å². The molecule has 11 heavy (non-hydrogen) atoms. The van der Waals surface area contributed by atoms with E-state index in [-0.39, 0.29) is 0 Å². The van der Waals surface area contributed by atoms with E-state index < -0.39 is 0 Å². The fourth-order valence-electron chi connectivity index (χ4n) is 0.908. The van der Waals surface area contributed by atoms with Crippen LogP contribution in [0.15, 0.2) is 18.2 Å². The van der Waals surface area contributed by atoms with Crippen molar-refractivity contribution in [3.05, 3.63) is 35.4 Å². The van der Waals surface area contributed by atoms with Crippen molar-refractivity contribution < 1.29 is 0 Å². The van der Waals surface area contributed by atoms with Crippen LogP contribution in [0.1, 0.15) is 30.9 Å². The molecule has 0 saturated heterocycles. The van der Waals surface area contributed by atoms with E-state index in [0.29, 0.717) is 5.92 Å². The fraction of sp³-hybridized carbons (Fsp3) is 0.273. The molecular weight excluding hydrogens is 132 g/mol. The third kappa shape index (κ3) is 1.85. The lowest BCUT2D eigenvalue weighted by atomic mass is 10.0. The Hall–Kier alpha value is -1.22. The van der Waals surface area contributed by atoms with Crippen LogP contribution in [0, 0.1) is 18.4 Å². The first-order valence-electron chi connectivity index (χ1n) is 3.72. The van der Waals surface area contributed by atoms with Crippen LogP contribution in [-0.2, 0) is 0 Å². The van der Waals surface area contributed by atoms with Crippen LogP contribution in [0.5, 0.6) is 0 Å². The van der Waals surface area contributed by atoms with Gasteiger partial charge in [0.05, 0.1) is 0 Å². The summed E-state index contributed by atoms with van der Waals surface area (Å²) in [6.07, 6.45) is 5.25. The zero-order valence-corrected chi connectivity index (χ0v) is 6.89. The molecule has 0 unspecified atom stereocenters. The molecule has 0 amide bonds. The minimum atomic E-state index is 0.503. The smallest absolute Gasteiger partial charge is 0.0245 e. The van der Waals surface area contributed by atoms with E-state index in [2.05, 4.69) is 25.8 Å². The maximum Gasteiger partial charge on any atom is 0.0245 e. The van der Waals surface area contributed by atoms with Crippen LogP contribution < -0.4 is 0 Å². The molecule has 1 aromatic rings. The minimum Gasteiger partial charge on any atom is -0.115 e. The topological polar surface area (TPSA) is 0 Å². The van der Waals surface area contributed by atoms with Gasteiger partial charge >= 0.3 is 0 Å². The summed E-state index contributed by atoms with van der Waals surface area (Å²) in [7, 11) is 0. The molecule has 0 nitrogen and oxygen atoms in total. The van der Waals surface area contributed by atoms with Crippen LogP contribution in [0.4, 0.5) is 0 Å². The average molecular weight is 143 g/mol. The first-order valence-corrected chi connectivity index (χ1v) is 3.72. The number of hydrogen-bond acceptors (Lipinski definition) is 0. The minimum absolute atomic E-state index is 0.503. The molecule has 0 heteroatoms. The van der Waals surface area contributed by atoms with Crippen LogP contribution in [0.25, 0.3) is 0 Å². The molecule has 0 heterocycles. The Labute approximate surface area is 68.3 Å². The maximum atomic E-state index is 5.25. The summed E-state index contributed by atoms with van der Waals surface area (Å²) in [6, 6.07) is 8.93. The molecule has 0 spiro atoms. The van der Waals surface area contributed by atoms with E-state index in [0.717, 1.165) is 5.56 Å². The number of terminal acetylenes is 1. The van der Waals surface area contributed by atoms with Gasteiger partial charge in [-0.2, -0.15) is 0 Å². The van der Waals surface area contributed by atoms with Crippen molar-refractivity contribution in [2.24, 2.45) is 0 Å². The molecule has 1 aromatic carbocycles. The Morgan fingerprint density at radius 3 is 2.82 bits per heavy atom. The molecule has 0 atom stereocenters. The predicted molar refractivity (Wildman–Crippen MR) is 47.3 cm³/mol.